The second-order valence-electron chi connectivity index (χ2n) is 6.93. The maximum absolute atomic E-state index is 12.2. The van der Waals surface area contributed by atoms with Crippen LogP contribution in [0.1, 0.15) is 24.8 Å². The molecule has 0 aliphatic rings. The minimum atomic E-state index is -1.23. The van der Waals surface area contributed by atoms with Crippen molar-refractivity contribution in [2.24, 2.45) is 5.73 Å². The van der Waals surface area contributed by atoms with Crippen molar-refractivity contribution in [2.75, 3.05) is 18.1 Å². The van der Waals surface area contributed by atoms with Crippen LogP contribution >= 0.6 is 11.8 Å². The number of aliphatic carboxylic acids is 2. The normalized spacial score (nSPS) is 13.6. The van der Waals surface area contributed by atoms with Crippen LogP contribution < -0.4 is 16.4 Å². The number of aliphatic hydroxyl groups excluding tert-OH is 1. The van der Waals surface area contributed by atoms with Gasteiger partial charge in [0.25, 0.3) is 0 Å². The van der Waals surface area contributed by atoms with Crippen molar-refractivity contribution in [3.8, 4) is 0 Å². The smallest absolute Gasteiger partial charge is 0.322 e. The molecule has 11 heteroatoms. The second kappa shape index (κ2) is 14.4. The van der Waals surface area contributed by atoms with Gasteiger partial charge in [0.2, 0.25) is 11.8 Å². The van der Waals surface area contributed by atoms with Gasteiger partial charge in [-0.3, -0.25) is 19.2 Å². The Morgan fingerprint density at radius 1 is 1.03 bits per heavy atom. The summed E-state index contributed by atoms with van der Waals surface area (Å²) in [6.07, 6.45) is 0.325. The van der Waals surface area contributed by atoms with Crippen molar-refractivity contribution in [3.05, 3.63) is 35.9 Å². The Bertz CT molecular complexity index is 733. The number of thioether (sulfide) groups is 1. The first-order valence-electron chi connectivity index (χ1n) is 9.76. The number of carboxylic acids is 2. The number of nitrogens with one attached hydrogen (secondary N) is 2. The molecule has 0 fully saturated rings. The summed E-state index contributed by atoms with van der Waals surface area (Å²) in [7, 11) is 0. The Hall–Kier alpha value is -2.63. The first-order chi connectivity index (χ1) is 14.7. The van der Waals surface area contributed by atoms with Gasteiger partial charge in [0.1, 0.15) is 18.6 Å². The molecule has 0 saturated heterocycles. The minimum Gasteiger partial charge on any atom is -0.480 e. The third-order valence-corrected chi connectivity index (χ3v) is 5.46. The summed E-state index contributed by atoms with van der Waals surface area (Å²) in [4.78, 5) is 45.7. The van der Waals surface area contributed by atoms with Gasteiger partial charge in [0.05, 0.1) is 6.10 Å². The highest BCUT2D eigenvalue weighted by atomic mass is 32.2. The Labute approximate surface area is 184 Å². The van der Waals surface area contributed by atoms with E-state index in [1.54, 1.807) is 0 Å². The molecule has 1 aromatic carbocycles. The van der Waals surface area contributed by atoms with Crippen LogP contribution in [0.15, 0.2) is 30.3 Å². The van der Waals surface area contributed by atoms with Crippen molar-refractivity contribution in [1.29, 1.82) is 0 Å². The average molecular weight is 456 g/mol. The maximum atomic E-state index is 12.2. The Balaban J connectivity index is 2.50. The van der Waals surface area contributed by atoms with Crippen molar-refractivity contribution < 1.29 is 34.5 Å². The van der Waals surface area contributed by atoms with Gasteiger partial charge in [0.15, 0.2) is 0 Å². The van der Waals surface area contributed by atoms with Gasteiger partial charge in [0, 0.05) is 17.9 Å². The highest BCUT2D eigenvalue weighted by Gasteiger charge is 2.23. The first-order valence-corrected chi connectivity index (χ1v) is 10.9. The second-order valence-corrected chi connectivity index (χ2v) is 8.01. The van der Waals surface area contributed by atoms with Crippen LogP contribution in [0, 0.1) is 0 Å². The topological polar surface area (TPSA) is 179 Å². The predicted molar refractivity (Wildman–Crippen MR) is 116 cm³/mol. The Kier molecular flexibility index (Phi) is 12.3. The van der Waals surface area contributed by atoms with E-state index in [4.69, 9.17) is 15.9 Å². The lowest BCUT2D eigenvalue weighted by Gasteiger charge is -2.19. The summed E-state index contributed by atoms with van der Waals surface area (Å²) < 4.78 is 0. The average Bonchev–Trinajstić information content (AvgIpc) is 2.74. The highest BCUT2D eigenvalue weighted by Crippen LogP contribution is 2.11. The number of nitrogens with two attached hydrogens (primary N) is 1. The molecule has 3 atom stereocenters. The molecule has 7 N–H and O–H groups in total. The lowest BCUT2D eigenvalue weighted by atomic mass is 10.1. The summed E-state index contributed by atoms with van der Waals surface area (Å²) >= 11 is 1.25. The van der Waals surface area contributed by atoms with Crippen molar-refractivity contribution >= 4 is 35.5 Å². The molecule has 0 heterocycles. The minimum absolute atomic E-state index is 0.101. The number of carboxylic acid groups (broad SMARTS) is 2. The third kappa shape index (κ3) is 12.0. The molecule has 0 bridgehead atoms. The molecular formula is C20H29N3O7S. The van der Waals surface area contributed by atoms with E-state index in [2.05, 4.69) is 10.6 Å². The molecule has 1 rings (SSSR count). The molecule has 1 aromatic rings. The van der Waals surface area contributed by atoms with Crippen molar-refractivity contribution in [1.82, 2.24) is 10.6 Å². The maximum Gasteiger partial charge on any atom is 0.322 e. The van der Waals surface area contributed by atoms with Gasteiger partial charge in [-0.05, 0) is 24.8 Å². The van der Waals surface area contributed by atoms with E-state index in [-0.39, 0.29) is 18.6 Å². The Morgan fingerprint density at radius 3 is 2.32 bits per heavy atom. The standard InChI is InChI=1S/C20H29N3O7S/c21-15(20(29)30)8-9-17(25)23-16(19(28)22-10-18(26)27)12-31-11-14(24)7-6-13-4-2-1-3-5-13/h1-5,14-16,24H,6-12,21H2,(H,22,28)(H,23,25)(H,26,27)(H,29,30)/t14-,15-,16+/m1/s1. The van der Waals surface area contributed by atoms with Gasteiger partial charge < -0.3 is 31.7 Å². The van der Waals surface area contributed by atoms with Gasteiger partial charge in [-0.1, -0.05) is 30.3 Å². The Morgan fingerprint density at radius 2 is 1.71 bits per heavy atom. The molecule has 0 spiro atoms. The fourth-order valence-corrected chi connectivity index (χ4v) is 3.57. The van der Waals surface area contributed by atoms with Crippen LogP contribution in [0.2, 0.25) is 0 Å². The van der Waals surface area contributed by atoms with Crippen molar-refractivity contribution in [3.63, 3.8) is 0 Å². The van der Waals surface area contributed by atoms with E-state index in [0.717, 1.165) is 5.56 Å². The zero-order valence-electron chi connectivity index (χ0n) is 17.0. The molecule has 0 radical (unpaired) electrons. The number of carbonyl (C=O) groups excluding carboxylic acids is 2. The fraction of sp³-hybridized carbons (Fsp3) is 0.500. The molecule has 0 saturated carbocycles. The molecule has 10 nitrogen and oxygen atoms in total. The number of hydrogen-bond acceptors (Lipinski definition) is 7. The third-order valence-electron chi connectivity index (χ3n) is 4.27. The summed E-state index contributed by atoms with van der Waals surface area (Å²) in [5.41, 5.74) is 6.47. The van der Waals surface area contributed by atoms with Gasteiger partial charge in [-0.15, -0.1) is 0 Å². The molecule has 2 amide bonds. The lowest BCUT2D eigenvalue weighted by Crippen LogP contribution is -2.49. The van der Waals surface area contributed by atoms with Crippen LogP contribution in [0.25, 0.3) is 0 Å². The SMILES string of the molecule is N[C@H](CCC(=O)N[C@@H](CSC[C@H](O)CCc1ccccc1)C(=O)NCC(=O)O)C(=O)O. The van der Waals surface area contributed by atoms with Gasteiger partial charge >= 0.3 is 11.9 Å². The van der Waals surface area contributed by atoms with Crippen LogP contribution in [0.4, 0.5) is 0 Å². The molecule has 31 heavy (non-hydrogen) atoms. The lowest BCUT2D eigenvalue weighted by molar-refractivity contribution is -0.139. The van der Waals surface area contributed by atoms with Gasteiger partial charge in [-0.25, -0.2) is 0 Å². The summed E-state index contributed by atoms with van der Waals surface area (Å²) in [6, 6.07) is 7.46. The quantitative estimate of drug-likeness (QED) is 0.205. The van der Waals surface area contributed by atoms with Crippen LogP contribution in [0.5, 0.6) is 0 Å². The van der Waals surface area contributed by atoms with Crippen LogP contribution in [0.3, 0.4) is 0 Å². The van der Waals surface area contributed by atoms with Crippen LogP contribution in [-0.2, 0) is 25.6 Å². The number of amides is 2. The first kappa shape index (κ1) is 26.4. The largest absolute Gasteiger partial charge is 0.480 e. The number of benzene rings is 1. The number of aryl methyl sites for hydroxylation is 1. The molecule has 0 aliphatic carbocycles. The van der Waals surface area contributed by atoms with E-state index in [9.17, 15) is 24.3 Å². The van der Waals surface area contributed by atoms with Gasteiger partial charge in [-0.2, -0.15) is 11.8 Å². The van der Waals surface area contributed by atoms with E-state index < -0.39 is 48.5 Å². The molecule has 0 unspecified atom stereocenters. The predicted octanol–water partition coefficient (Wildman–Crippen LogP) is -0.409. The summed E-state index contributed by atoms with van der Waals surface area (Å²) in [5.74, 6) is -3.26. The van der Waals surface area contributed by atoms with E-state index in [1.165, 1.54) is 11.8 Å². The van der Waals surface area contributed by atoms with E-state index in [0.29, 0.717) is 18.6 Å². The zero-order valence-corrected chi connectivity index (χ0v) is 17.8. The molecule has 172 valence electrons. The van der Waals surface area contributed by atoms with E-state index in [1.807, 2.05) is 30.3 Å². The molecule has 0 aromatic heterocycles. The number of rotatable bonds is 15. The molecular weight excluding hydrogens is 426 g/mol. The zero-order chi connectivity index (χ0) is 23.2. The number of aliphatic hydroxyl groups is 1. The summed E-state index contributed by atoms with van der Waals surface area (Å²) in [5, 5.41) is 32.3. The monoisotopic (exact) mass is 455 g/mol. The number of hydrogen-bond donors (Lipinski definition) is 6. The number of carbonyl (C=O) groups is 4. The fourth-order valence-electron chi connectivity index (χ4n) is 2.53. The summed E-state index contributed by atoms with van der Waals surface area (Å²) in [6.45, 7) is -0.598. The van der Waals surface area contributed by atoms with Crippen LogP contribution in [-0.4, -0.2) is 75.3 Å². The van der Waals surface area contributed by atoms with E-state index >= 15 is 0 Å². The van der Waals surface area contributed by atoms with Crippen molar-refractivity contribution in [2.45, 2.75) is 43.9 Å². The highest BCUT2D eigenvalue weighted by molar-refractivity contribution is 7.99. The molecule has 0 aliphatic heterocycles.